The normalized spacial score (nSPS) is 9.80. The number of carbonyl (C=O) groups is 1. The summed E-state index contributed by atoms with van der Waals surface area (Å²) in [6.45, 7) is 1.89. The van der Waals surface area contributed by atoms with Gasteiger partial charge in [0.05, 0.1) is 0 Å². The van der Waals surface area contributed by atoms with Crippen LogP contribution in [0.5, 0.6) is 0 Å². The van der Waals surface area contributed by atoms with E-state index in [9.17, 15) is 4.79 Å². The van der Waals surface area contributed by atoms with E-state index >= 15 is 0 Å². The number of nitrogens with zero attached hydrogens (tertiary/aromatic N) is 1. The van der Waals surface area contributed by atoms with Gasteiger partial charge < -0.3 is 4.52 Å². The van der Waals surface area contributed by atoms with Crippen LogP contribution in [0.1, 0.15) is 23.2 Å². The van der Waals surface area contributed by atoms with Crippen LogP contribution < -0.4 is 0 Å². The standard InChI is InChI=1S/C6H6ClNO2/c1-2-4-6(7)5(3-9)10-8-4/h3H,2H2,1H3. The Morgan fingerprint density at radius 3 is 2.80 bits per heavy atom. The topological polar surface area (TPSA) is 43.1 Å². The van der Waals surface area contributed by atoms with Crippen LogP contribution in [0.4, 0.5) is 0 Å². The van der Waals surface area contributed by atoms with Crippen molar-refractivity contribution in [1.82, 2.24) is 5.16 Å². The summed E-state index contributed by atoms with van der Waals surface area (Å²) in [5.41, 5.74) is 0.628. The summed E-state index contributed by atoms with van der Waals surface area (Å²) in [5, 5.41) is 3.90. The third-order valence-corrected chi connectivity index (χ3v) is 1.57. The van der Waals surface area contributed by atoms with Crippen molar-refractivity contribution in [3.8, 4) is 0 Å². The first-order chi connectivity index (χ1) is 4.79. The van der Waals surface area contributed by atoms with E-state index in [0.717, 1.165) is 0 Å². The fourth-order valence-corrected chi connectivity index (χ4v) is 0.867. The van der Waals surface area contributed by atoms with E-state index < -0.39 is 0 Å². The van der Waals surface area contributed by atoms with Gasteiger partial charge >= 0.3 is 0 Å². The maximum absolute atomic E-state index is 10.1. The molecule has 1 aromatic rings. The minimum atomic E-state index is 0.110. The highest BCUT2D eigenvalue weighted by atomic mass is 35.5. The minimum Gasteiger partial charge on any atom is -0.352 e. The first kappa shape index (κ1) is 7.28. The van der Waals surface area contributed by atoms with E-state index in [-0.39, 0.29) is 5.76 Å². The maximum atomic E-state index is 10.1. The molecule has 0 atom stereocenters. The van der Waals surface area contributed by atoms with Gasteiger partial charge in [-0.3, -0.25) is 4.79 Å². The van der Waals surface area contributed by atoms with Crippen molar-refractivity contribution in [3.63, 3.8) is 0 Å². The highest BCUT2D eigenvalue weighted by molar-refractivity contribution is 6.33. The van der Waals surface area contributed by atoms with Gasteiger partial charge in [0.2, 0.25) is 5.76 Å². The molecule has 54 valence electrons. The van der Waals surface area contributed by atoms with E-state index in [1.807, 2.05) is 6.92 Å². The highest BCUT2D eigenvalue weighted by Gasteiger charge is 2.10. The Labute approximate surface area is 63.0 Å². The van der Waals surface area contributed by atoms with Gasteiger partial charge in [-0.2, -0.15) is 0 Å². The van der Waals surface area contributed by atoms with Crippen molar-refractivity contribution >= 4 is 17.9 Å². The van der Waals surface area contributed by atoms with Crippen LogP contribution in [0.2, 0.25) is 5.02 Å². The van der Waals surface area contributed by atoms with E-state index in [1.165, 1.54) is 0 Å². The van der Waals surface area contributed by atoms with Crippen molar-refractivity contribution in [3.05, 3.63) is 16.5 Å². The molecule has 0 aromatic carbocycles. The largest absolute Gasteiger partial charge is 0.352 e. The fraction of sp³-hybridized carbons (Fsp3) is 0.333. The molecule has 1 aromatic heterocycles. The van der Waals surface area contributed by atoms with Crippen LogP contribution >= 0.6 is 11.6 Å². The minimum absolute atomic E-state index is 0.110. The van der Waals surface area contributed by atoms with E-state index in [2.05, 4.69) is 9.68 Å². The predicted molar refractivity (Wildman–Crippen MR) is 36.3 cm³/mol. The Morgan fingerprint density at radius 1 is 1.80 bits per heavy atom. The summed E-state index contributed by atoms with van der Waals surface area (Å²) in [6.07, 6.45) is 1.23. The number of hydrogen-bond donors (Lipinski definition) is 0. The fourth-order valence-electron chi connectivity index (χ4n) is 0.620. The zero-order valence-electron chi connectivity index (χ0n) is 5.43. The second-order valence-electron chi connectivity index (χ2n) is 1.78. The SMILES string of the molecule is CCc1noc(C=O)c1Cl. The summed E-state index contributed by atoms with van der Waals surface area (Å²) in [4.78, 5) is 10.1. The van der Waals surface area contributed by atoms with Crippen LogP contribution in [-0.2, 0) is 6.42 Å². The summed E-state index contributed by atoms with van der Waals surface area (Å²) in [5.74, 6) is 0.110. The van der Waals surface area contributed by atoms with Crippen molar-refractivity contribution in [2.75, 3.05) is 0 Å². The molecule has 10 heavy (non-hydrogen) atoms. The molecule has 0 saturated carbocycles. The molecule has 0 N–H and O–H groups in total. The molecule has 0 aliphatic rings. The second-order valence-corrected chi connectivity index (χ2v) is 2.16. The molecule has 1 rings (SSSR count). The molecule has 3 nitrogen and oxygen atoms in total. The van der Waals surface area contributed by atoms with E-state index in [1.54, 1.807) is 0 Å². The number of rotatable bonds is 2. The van der Waals surface area contributed by atoms with Crippen LogP contribution in [-0.4, -0.2) is 11.4 Å². The van der Waals surface area contributed by atoms with Gasteiger partial charge in [0.25, 0.3) is 0 Å². The Hall–Kier alpha value is -0.830. The molecular weight excluding hydrogens is 154 g/mol. The van der Waals surface area contributed by atoms with Crippen LogP contribution in [0.3, 0.4) is 0 Å². The molecule has 0 amide bonds. The highest BCUT2D eigenvalue weighted by Crippen LogP contribution is 2.18. The lowest BCUT2D eigenvalue weighted by molar-refractivity contribution is 0.109. The first-order valence-corrected chi connectivity index (χ1v) is 3.26. The number of aryl methyl sites for hydroxylation is 1. The molecule has 1 heterocycles. The molecule has 0 aliphatic carbocycles. The van der Waals surface area contributed by atoms with Crippen molar-refractivity contribution in [2.24, 2.45) is 0 Å². The second kappa shape index (κ2) is 2.84. The average Bonchev–Trinajstić information content (AvgIpc) is 2.30. The summed E-state index contributed by atoms with van der Waals surface area (Å²) in [6, 6.07) is 0. The summed E-state index contributed by atoms with van der Waals surface area (Å²) in [7, 11) is 0. The van der Waals surface area contributed by atoms with E-state index in [4.69, 9.17) is 11.6 Å². The first-order valence-electron chi connectivity index (χ1n) is 2.88. The maximum Gasteiger partial charge on any atom is 0.218 e. The summed E-state index contributed by atoms with van der Waals surface area (Å²) >= 11 is 5.64. The smallest absolute Gasteiger partial charge is 0.218 e. The van der Waals surface area contributed by atoms with Gasteiger partial charge in [-0.1, -0.05) is 23.7 Å². The zero-order chi connectivity index (χ0) is 7.56. The number of aromatic nitrogens is 1. The van der Waals surface area contributed by atoms with E-state index in [0.29, 0.717) is 23.4 Å². The monoisotopic (exact) mass is 159 g/mol. The molecule has 0 saturated heterocycles. The number of halogens is 1. The van der Waals surface area contributed by atoms with Gasteiger partial charge in [0.15, 0.2) is 6.29 Å². The van der Waals surface area contributed by atoms with Gasteiger partial charge in [0.1, 0.15) is 10.7 Å². The van der Waals surface area contributed by atoms with Gasteiger partial charge in [-0.15, -0.1) is 0 Å². The molecular formula is C6H6ClNO2. The Bertz CT molecular complexity index is 244. The predicted octanol–water partition coefficient (Wildman–Crippen LogP) is 1.70. The molecule has 0 bridgehead atoms. The Morgan fingerprint density at radius 2 is 2.50 bits per heavy atom. The number of aldehydes is 1. The lowest BCUT2D eigenvalue weighted by Gasteiger charge is -1.82. The van der Waals surface area contributed by atoms with Crippen LogP contribution in [0.15, 0.2) is 4.52 Å². The third kappa shape index (κ3) is 1.04. The van der Waals surface area contributed by atoms with Gasteiger partial charge in [-0.25, -0.2) is 0 Å². The molecule has 4 heteroatoms. The Balaban J connectivity index is 3.08. The van der Waals surface area contributed by atoms with Crippen molar-refractivity contribution in [1.29, 1.82) is 0 Å². The third-order valence-electron chi connectivity index (χ3n) is 1.17. The number of carbonyl (C=O) groups excluding carboxylic acids is 1. The molecule has 0 fully saturated rings. The van der Waals surface area contributed by atoms with Gasteiger partial charge in [-0.05, 0) is 6.42 Å². The molecule has 0 spiro atoms. The molecule has 0 aliphatic heterocycles. The van der Waals surface area contributed by atoms with Crippen molar-refractivity contribution in [2.45, 2.75) is 13.3 Å². The number of hydrogen-bond acceptors (Lipinski definition) is 3. The quantitative estimate of drug-likeness (QED) is 0.617. The van der Waals surface area contributed by atoms with Gasteiger partial charge in [0, 0.05) is 0 Å². The molecule has 0 radical (unpaired) electrons. The lowest BCUT2D eigenvalue weighted by atomic mass is 10.3. The van der Waals surface area contributed by atoms with Crippen LogP contribution in [0.25, 0.3) is 0 Å². The zero-order valence-corrected chi connectivity index (χ0v) is 6.18. The average molecular weight is 160 g/mol. The Kier molecular flexibility index (Phi) is 2.06. The van der Waals surface area contributed by atoms with Crippen LogP contribution in [0, 0.1) is 0 Å². The van der Waals surface area contributed by atoms with Crippen molar-refractivity contribution < 1.29 is 9.32 Å². The lowest BCUT2D eigenvalue weighted by Crippen LogP contribution is -1.79. The molecule has 0 unspecified atom stereocenters. The summed E-state index contributed by atoms with van der Waals surface area (Å²) < 4.78 is 4.59.